The standard InChI is InChI=1S/C27H32N4O.C2H6/c1-5-22(16-17-28)27(6-2)19-29-25(31-27)18-24(32-4)26(21-13-8-7-9-14-21)30-23-15-11-10-12-20(23)3;1-2/h5,7-15,17-18,22,28H,1,6,16,19H2,2-4H3,(H,29,31);1-2H3/b24-18-,28-17?,30-26?;. The molecule has 0 amide bonds. The summed E-state index contributed by atoms with van der Waals surface area (Å²) in [6.45, 7) is 12.8. The number of ether oxygens (including phenoxy) is 1. The summed E-state index contributed by atoms with van der Waals surface area (Å²) in [5.41, 5.74) is 3.47. The molecule has 0 saturated heterocycles. The van der Waals surface area contributed by atoms with Gasteiger partial charge in [0, 0.05) is 17.6 Å². The third kappa shape index (κ3) is 6.31. The van der Waals surface area contributed by atoms with Crippen molar-refractivity contribution in [3.8, 4) is 0 Å². The van der Waals surface area contributed by atoms with Crippen LogP contribution in [0.15, 0.2) is 89.1 Å². The number of amidine groups is 1. The van der Waals surface area contributed by atoms with Crippen molar-refractivity contribution in [1.82, 2.24) is 5.32 Å². The van der Waals surface area contributed by atoms with Crippen molar-refractivity contribution in [2.24, 2.45) is 15.9 Å². The summed E-state index contributed by atoms with van der Waals surface area (Å²) < 4.78 is 5.83. The molecule has 2 aromatic carbocycles. The fourth-order valence-corrected chi connectivity index (χ4v) is 4.00. The molecule has 1 heterocycles. The highest BCUT2D eigenvalue weighted by atomic mass is 16.5. The maximum absolute atomic E-state index is 7.55. The first-order valence-electron chi connectivity index (χ1n) is 12.0. The molecule has 2 aromatic rings. The van der Waals surface area contributed by atoms with Gasteiger partial charge in [0.15, 0.2) is 0 Å². The van der Waals surface area contributed by atoms with E-state index in [-0.39, 0.29) is 11.5 Å². The number of rotatable bonds is 10. The number of aliphatic imine (C=N–C) groups is 2. The van der Waals surface area contributed by atoms with Gasteiger partial charge in [0.25, 0.3) is 0 Å². The summed E-state index contributed by atoms with van der Waals surface area (Å²) in [5, 5.41) is 11.1. The Labute approximate surface area is 204 Å². The minimum atomic E-state index is -0.246. The molecule has 3 rings (SSSR count). The molecule has 0 aromatic heterocycles. The zero-order chi connectivity index (χ0) is 25.0. The van der Waals surface area contributed by atoms with Crippen LogP contribution in [0.4, 0.5) is 5.69 Å². The lowest BCUT2D eigenvalue weighted by Crippen LogP contribution is -2.50. The third-order valence-corrected chi connectivity index (χ3v) is 6.02. The number of methoxy groups -OCH3 is 1. The molecule has 5 nitrogen and oxygen atoms in total. The molecule has 2 N–H and O–H groups in total. The van der Waals surface area contributed by atoms with Gasteiger partial charge in [0.1, 0.15) is 17.3 Å². The van der Waals surface area contributed by atoms with Gasteiger partial charge >= 0.3 is 0 Å². The van der Waals surface area contributed by atoms with E-state index in [1.165, 1.54) is 6.21 Å². The number of allylic oxidation sites excluding steroid dienone is 1. The molecule has 0 radical (unpaired) electrons. The largest absolute Gasteiger partial charge is 0.494 e. The first-order valence-corrected chi connectivity index (χ1v) is 12.0. The number of benzene rings is 2. The normalized spacial score (nSPS) is 18.7. The molecule has 1 aliphatic rings. The van der Waals surface area contributed by atoms with E-state index < -0.39 is 0 Å². The molecule has 1 aliphatic heterocycles. The zero-order valence-corrected chi connectivity index (χ0v) is 21.1. The average molecular weight is 459 g/mol. The molecule has 2 unspecified atom stereocenters. The summed E-state index contributed by atoms with van der Waals surface area (Å²) in [5.74, 6) is 1.52. The summed E-state index contributed by atoms with van der Waals surface area (Å²) >= 11 is 0. The summed E-state index contributed by atoms with van der Waals surface area (Å²) in [4.78, 5) is 9.74. The van der Waals surface area contributed by atoms with E-state index in [2.05, 4.69) is 31.8 Å². The molecule has 0 spiro atoms. The summed E-state index contributed by atoms with van der Waals surface area (Å²) in [7, 11) is 1.66. The van der Waals surface area contributed by atoms with Gasteiger partial charge in [0.05, 0.1) is 24.9 Å². The Bertz CT molecular complexity index is 1040. The van der Waals surface area contributed by atoms with E-state index in [1.807, 2.05) is 74.5 Å². The SMILES string of the molecule is C=CC(CC=N)C1(CC)CN=C(/C=C(\OC)C(=Nc2ccccc2C)c2ccccc2)N1.CC. The van der Waals surface area contributed by atoms with Crippen LogP contribution in [0.1, 0.15) is 44.7 Å². The van der Waals surface area contributed by atoms with Gasteiger partial charge in [-0.1, -0.05) is 75.4 Å². The van der Waals surface area contributed by atoms with Crippen molar-refractivity contribution < 1.29 is 4.74 Å². The molecular weight excluding hydrogens is 420 g/mol. The molecular formula is C29H38N4O. The lowest BCUT2D eigenvalue weighted by molar-refractivity contribution is 0.305. The van der Waals surface area contributed by atoms with Gasteiger partial charge in [-0.05, 0) is 37.6 Å². The van der Waals surface area contributed by atoms with E-state index in [0.717, 1.165) is 34.8 Å². The van der Waals surface area contributed by atoms with Crippen molar-refractivity contribution in [3.05, 3.63) is 90.2 Å². The minimum absolute atomic E-state index is 0.125. The monoisotopic (exact) mass is 458 g/mol. The number of nitrogens with one attached hydrogen (secondary N) is 2. The van der Waals surface area contributed by atoms with Crippen LogP contribution in [0.2, 0.25) is 0 Å². The predicted octanol–water partition coefficient (Wildman–Crippen LogP) is 6.66. The van der Waals surface area contributed by atoms with Crippen LogP contribution in [-0.4, -0.2) is 37.0 Å². The van der Waals surface area contributed by atoms with Crippen LogP contribution in [0.25, 0.3) is 0 Å². The Balaban J connectivity index is 0.00000199. The maximum Gasteiger partial charge on any atom is 0.148 e. The average Bonchev–Trinajstić information content (AvgIpc) is 3.31. The minimum Gasteiger partial charge on any atom is -0.494 e. The number of para-hydroxylation sites is 1. The molecule has 5 heteroatoms. The molecule has 180 valence electrons. The molecule has 0 saturated carbocycles. The van der Waals surface area contributed by atoms with Gasteiger partial charge in [0.2, 0.25) is 0 Å². The van der Waals surface area contributed by atoms with Gasteiger partial charge in [-0.15, -0.1) is 6.58 Å². The topological polar surface area (TPSA) is 69.8 Å². The highest BCUT2D eigenvalue weighted by Crippen LogP contribution is 2.29. The maximum atomic E-state index is 7.55. The van der Waals surface area contributed by atoms with E-state index in [9.17, 15) is 0 Å². The van der Waals surface area contributed by atoms with E-state index in [1.54, 1.807) is 7.11 Å². The Kier molecular flexibility index (Phi) is 10.5. The first kappa shape index (κ1) is 26.8. The van der Waals surface area contributed by atoms with Crippen LogP contribution >= 0.6 is 0 Å². The van der Waals surface area contributed by atoms with Crippen LogP contribution in [0, 0.1) is 18.3 Å². The van der Waals surface area contributed by atoms with E-state index in [4.69, 9.17) is 20.1 Å². The van der Waals surface area contributed by atoms with E-state index in [0.29, 0.717) is 18.7 Å². The van der Waals surface area contributed by atoms with Crippen LogP contribution in [0.5, 0.6) is 0 Å². The molecule has 2 atom stereocenters. The molecule has 0 aliphatic carbocycles. The fourth-order valence-electron chi connectivity index (χ4n) is 4.00. The van der Waals surface area contributed by atoms with Crippen molar-refractivity contribution in [3.63, 3.8) is 0 Å². The highest BCUT2D eigenvalue weighted by Gasteiger charge is 2.39. The zero-order valence-electron chi connectivity index (χ0n) is 21.1. The third-order valence-electron chi connectivity index (χ3n) is 6.02. The lowest BCUT2D eigenvalue weighted by atomic mass is 9.80. The second-order valence-corrected chi connectivity index (χ2v) is 7.94. The first-order chi connectivity index (χ1) is 16.6. The summed E-state index contributed by atoms with van der Waals surface area (Å²) in [6, 6.07) is 18.1. The highest BCUT2D eigenvalue weighted by molar-refractivity contribution is 6.15. The van der Waals surface area contributed by atoms with Crippen LogP contribution < -0.4 is 5.32 Å². The van der Waals surface area contributed by atoms with Gasteiger partial charge in [-0.2, -0.15) is 0 Å². The van der Waals surface area contributed by atoms with E-state index >= 15 is 0 Å². The molecule has 0 bridgehead atoms. The van der Waals surface area contributed by atoms with Crippen LogP contribution in [0.3, 0.4) is 0 Å². The Morgan fingerprint density at radius 3 is 2.47 bits per heavy atom. The van der Waals surface area contributed by atoms with Gasteiger partial charge < -0.3 is 15.5 Å². The van der Waals surface area contributed by atoms with Crippen molar-refractivity contribution >= 4 is 23.4 Å². The molecule has 34 heavy (non-hydrogen) atoms. The van der Waals surface area contributed by atoms with Crippen molar-refractivity contribution in [1.29, 1.82) is 5.41 Å². The number of hydrogen-bond acceptors (Lipinski definition) is 5. The number of hydrogen-bond donors (Lipinski definition) is 2. The Hall–Kier alpha value is -3.47. The van der Waals surface area contributed by atoms with Gasteiger partial charge in [-0.25, -0.2) is 4.99 Å². The lowest BCUT2D eigenvalue weighted by Gasteiger charge is -2.34. The second-order valence-electron chi connectivity index (χ2n) is 7.94. The van der Waals surface area contributed by atoms with Crippen molar-refractivity contribution in [2.45, 2.75) is 46.1 Å². The molecule has 0 fully saturated rings. The second kappa shape index (κ2) is 13.3. The number of aryl methyl sites for hydroxylation is 1. The summed E-state index contributed by atoms with van der Waals surface area (Å²) in [6.07, 6.45) is 6.81. The van der Waals surface area contributed by atoms with Gasteiger partial charge in [-0.3, -0.25) is 4.99 Å². The van der Waals surface area contributed by atoms with Crippen LogP contribution in [-0.2, 0) is 4.74 Å². The predicted molar refractivity (Wildman–Crippen MR) is 146 cm³/mol. The van der Waals surface area contributed by atoms with Crippen molar-refractivity contribution in [2.75, 3.05) is 13.7 Å². The Morgan fingerprint density at radius 2 is 1.88 bits per heavy atom. The quantitative estimate of drug-likeness (QED) is 0.237. The smallest absolute Gasteiger partial charge is 0.148 e. The number of nitrogens with zero attached hydrogens (tertiary/aromatic N) is 2. The Morgan fingerprint density at radius 1 is 1.21 bits per heavy atom. The fraction of sp³-hybridized carbons (Fsp3) is 0.345.